The first kappa shape index (κ1) is 13.3. The molecule has 6 heteroatoms. The minimum atomic E-state index is -0.929. The van der Waals surface area contributed by atoms with Crippen LogP contribution in [-0.4, -0.2) is 42.1 Å². The van der Waals surface area contributed by atoms with Crippen LogP contribution >= 0.6 is 0 Å². The van der Waals surface area contributed by atoms with Crippen molar-refractivity contribution in [2.75, 3.05) is 20.2 Å². The van der Waals surface area contributed by atoms with Gasteiger partial charge in [0.05, 0.1) is 18.6 Å². The highest BCUT2D eigenvalue weighted by Gasteiger charge is 2.32. The monoisotopic (exact) mass is 267 g/mol. The van der Waals surface area contributed by atoms with Gasteiger partial charge in [-0.05, 0) is 18.6 Å². The van der Waals surface area contributed by atoms with Gasteiger partial charge in [-0.25, -0.2) is 4.39 Å². The lowest BCUT2D eigenvalue weighted by molar-refractivity contribution is -0.141. The molecule has 2 rings (SSSR count). The average molecular weight is 267 g/mol. The highest BCUT2D eigenvalue weighted by Crippen LogP contribution is 2.24. The lowest BCUT2D eigenvalue weighted by Gasteiger charge is -2.16. The fourth-order valence-electron chi connectivity index (χ4n) is 2.15. The Labute approximate surface area is 109 Å². The number of carbonyl (C=O) groups excluding carboxylic acids is 1. The van der Waals surface area contributed by atoms with E-state index in [1.807, 2.05) is 0 Å². The number of carboxylic acids is 1. The van der Waals surface area contributed by atoms with Crippen molar-refractivity contribution in [3.63, 3.8) is 0 Å². The van der Waals surface area contributed by atoms with Gasteiger partial charge in [0.2, 0.25) is 0 Å². The van der Waals surface area contributed by atoms with Gasteiger partial charge < -0.3 is 14.7 Å². The molecule has 5 nitrogen and oxygen atoms in total. The highest BCUT2D eigenvalue weighted by molar-refractivity contribution is 5.95. The van der Waals surface area contributed by atoms with Gasteiger partial charge in [-0.1, -0.05) is 6.07 Å². The molecule has 0 bridgehead atoms. The van der Waals surface area contributed by atoms with Gasteiger partial charge >= 0.3 is 5.97 Å². The standard InChI is InChI=1S/C13H14FNO4/c1-19-10-4-2-3-9(11(10)14)12(16)15-6-5-8(7-15)13(17)18/h2-4,8H,5-7H2,1H3,(H,17,18). The number of hydrogen-bond donors (Lipinski definition) is 1. The summed E-state index contributed by atoms with van der Waals surface area (Å²) in [6, 6.07) is 4.32. The fraction of sp³-hybridized carbons (Fsp3) is 0.385. The lowest BCUT2D eigenvalue weighted by Crippen LogP contribution is -2.30. The maximum atomic E-state index is 13.9. The first-order valence-electron chi connectivity index (χ1n) is 5.89. The summed E-state index contributed by atoms with van der Waals surface area (Å²) in [6.07, 6.45) is 0.395. The van der Waals surface area contributed by atoms with E-state index < -0.39 is 23.6 Å². The molecule has 1 aliphatic heterocycles. The molecule has 102 valence electrons. The number of halogens is 1. The van der Waals surface area contributed by atoms with Gasteiger partial charge in [-0.2, -0.15) is 0 Å². The smallest absolute Gasteiger partial charge is 0.308 e. The molecule has 1 saturated heterocycles. The third kappa shape index (κ3) is 2.52. The van der Waals surface area contributed by atoms with Crippen LogP contribution in [0.3, 0.4) is 0 Å². The minimum absolute atomic E-state index is 0.000156. The zero-order valence-corrected chi connectivity index (χ0v) is 10.4. The average Bonchev–Trinajstić information content (AvgIpc) is 2.88. The molecule has 0 aromatic heterocycles. The normalized spacial score (nSPS) is 18.4. The first-order chi connectivity index (χ1) is 9.04. The predicted octanol–water partition coefficient (Wildman–Crippen LogP) is 1.38. The van der Waals surface area contributed by atoms with Crippen LogP contribution in [-0.2, 0) is 4.79 Å². The SMILES string of the molecule is COc1cccc(C(=O)N2CCC(C(=O)O)C2)c1F. The Morgan fingerprint density at radius 3 is 2.79 bits per heavy atom. The first-order valence-corrected chi connectivity index (χ1v) is 5.89. The number of benzene rings is 1. The molecule has 1 unspecified atom stereocenters. The number of aliphatic carboxylic acids is 1. The van der Waals surface area contributed by atoms with Crippen molar-refractivity contribution in [1.82, 2.24) is 4.90 Å². The third-order valence-corrected chi connectivity index (χ3v) is 3.24. The molecule has 1 amide bonds. The second kappa shape index (κ2) is 5.26. The van der Waals surface area contributed by atoms with E-state index in [9.17, 15) is 14.0 Å². The Kier molecular flexibility index (Phi) is 3.69. The van der Waals surface area contributed by atoms with Gasteiger partial charge in [0, 0.05) is 13.1 Å². The molecule has 1 fully saturated rings. The van der Waals surface area contributed by atoms with E-state index in [0.717, 1.165) is 0 Å². The van der Waals surface area contributed by atoms with Gasteiger partial charge in [0.1, 0.15) is 0 Å². The molecule has 1 aromatic rings. The summed E-state index contributed by atoms with van der Waals surface area (Å²) in [5.74, 6) is -2.72. The van der Waals surface area contributed by atoms with Crippen LogP contribution in [0, 0.1) is 11.7 Å². The van der Waals surface area contributed by atoms with E-state index >= 15 is 0 Å². The zero-order chi connectivity index (χ0) is 14.0. The number of amides is 1. The van der Waals surface area contributed by atoms with Crippen LogP contribution in [0.5, 0.6) is 5.75 Å². The second-order valence-corrected chi connectivity index (χ2v) is 4.40. The molecule has 1 atom stereocenters. The van der Waals surface area contributed by atoms with Gasteiger partial charge in [-0.3, -0.25) is 9.59 Å². The molecule has 0 radical (unpaired) electrons. The number of carbonyl (C=O) groups is 2. The summed E-state index contributed by atoms with van der Waals surface area (Å²) in [7, 11) is 1.32. The Bertz CT molecular complexity index is 517. The highest BCUT2D eigenvalue weighted by atomic mass is 19.1. The van der Waals surface area contributed by atoms with Crippen LogP contribution in [0.4, 0.5) is 4.39 Å². The number of nitrogens with zero attached hydrogens (tertiary/aromatic N) is 1. The molecular formula is C13H14FNO4. The van der Waals surface area contributed by atoms with E-state index in [1.54, 1.807) is 0 Å². The molecule has 1 heterocycles. The van der Waals surface area contributed by atoms with Crippen molar-refractivity contribution in [1.29, 1.82) is 0 Å². The Balaban J connectivity index is 2.19. The van der Waals surface area contributed by atoms with Crippen molar-refractivity contribution in [3.05, 3.63) is 29.6 Å². The predicted molar refractivity (Wildman–Crippen MR) is 64.6 cm³/mol. The summed E-state index contributed by atoms with van der Waals surface area (Å²) in [5.41, 5.74) is -0.0922. The molecule has 0 aliphatic carbocycles. The summed E-state index contributed by atoms with van der Waals surface area (Å²) < 4.78 is 18.8. The fourth-order valence-corrected chi connectivity index (χ4v) is 2.15. The Morgan fingerprint density at radius 2 is 2.21 bits per heavy atom. The summed E-state index contributed by atoms with van der Waals surface area (Å²) >= 11 is 0. The quantitative estimate of drug-likeness (QED) is 0.898. The number of hydrogen-bond acceptors (Lipinski definition) is 3. The number of likely N-dealkylation sites (tertiary alicyclic amines) is 1. The molecule has 0 spiro atoms. The Morgan fingerprint density at radius 1 is 1.47 bits per heavy atom. The zero-order valence-electron chi connectivity index (χ0n) is 10.4. The van der Waals surface area contributed by atoms with E-state index in [1.165, 1.54) is 30.2 Å². The number of carboxylic acid groups (broad SMARTS) is 1. The molecular weight excluding hydrogens is 253 g/mol. The molecule has 1 aromatic carbocycles. The van der Waals surface area contributed by atoms with E-state index in [4.69, 9.17) is 9.84 Å². The summed E-state index contributed by atoms with van der Waals surface area (Å²) in [4.78, 5) is 24.3. The van der Waals surface area contributed by atoms with Crippen molar-refractivity contribution < 1.29 is 23.8 Å². The van der Waals surface area contributed by atoms with E-state index in [2.05, 4.69) is 0 Å². The van der Waals surface area contributed by atoms with Crippen molar-refractivity contribution in [2.45, 2.75) is 6.42 Å². The molecule has 0 saturated carbocycles. The van der Waals surface area contributed by atoms with Crippen LogP contribution in [0.2, 0.25) is 0 Å². The Hall–Kier alpha value is -2.11. The van der Waals surface area contributed by atoms with Gasteiger partial charge in [0.25, 0.3) is 5.91 Å². The second-order valence-electron chi connectivity index (χ2n) is 4.40. The summed E-state index contributed by atoms with van der Waals surface area (Å²) in [6.45, 7) is 0.442. The van der Waals surface area contributed by atoms with Crippen LogP contribution in [0.15, 0.2) is 18.2 Å². The van der Waals surface area contributed by atoms with Gasteiger partial charge in [0.15, 0.2) is 11.6 Å². The van der Waals surface area contributed by atoms with E-state index in [-0.39, 0.29) is 17.9 Å². The number of ether oxygens (including phenoxy) is 1. The molecule has 19 heavy (non-hydrogen) atoms. The van der Waals surface area contributed by atoms with Crippen molar-refractivity contribution >= 4 is 11.9 Å². The molecule has 1 N–H and O–H groups in total. The van der Waals surface area contributed by atoms with Crippen LogP contribution in [0.25, 0.3) is 0 Å². The number of methoxy groups -OCH3 is 1. The minimum Gasteiger partial charge on any atom is -0.494 e. The van der Waals surface area contributed by atoms with Gasteiger partial charge in [-0.15, -0.1) is 0 Å². The third-order valence-electron chi connectivity index (χ3n) is 3.24. The van der Waals surface area contributed by atoms with Crippen molar-refractivity contribution in [3.8, 4) is 5.75 Å². The lowest BCUT2D eigenvalue weighted by atomic mass is 10.1. The topological polar surface area (TPSA) is 66.8 Å². The summed E-state index contributed by atoms with van der Waals surface area (Å²) in [5, 5.41) is 8.89. The maximum Gasteiger partial charge on any atom is 0.308 e. The largest absolute Gasteiger partial charge is 0.494 e. The van der Waals surface area contributed by atoms with Crippen molar-refractivity contribution in [2.24, 2.45) is 5.92 Å². The van der Waals surface area contributed by atoms with Crippen LogP contribution in [0.1, 0.15) is 16.8 Å². The van der Waals surface area contributed by atoms with E-state index in [0.29, 0.717) is 13.0 Å². The number of rotatable bonds is 3. The molecule has 1 aliphatic rings. The maximum absolute atomic E-state index is 13.9. The van der Waals surface area contributed by atoms with Crippen LogP contribution < -0.4 is 4.74 Å².